The maximum absolute atomic E-state index is 11.5. The third kappa shape index (κ3) is 3.84. The molecule has 1 aromatic heterocycles. The number of aliphatic imine (C=N–C) groups is 1. The minimum absolute atomic E-state index is 0.0824. The van der Waals surface area contributed by atoms with E-state index in [-0.39, 0.29) is 17.9 Å². The quantitative estimate of drug-likeness (QED) is 0.627. The Morgan fingerprint density at radius 1 is 1.48 bits per heavy atom. The first kappa shape index (κ1) is 17.1. The molecule has 0 aromatic carbocycles. The highest BCUT2D eigenvalue weighted by Crippen LogP contribution is 2.35. The van der Waals surface area contributed by atoms with Crippen LogP contribution in [0.25, 0.3) is 5.70 Å². The first-order chi connectivity index (χ1) is 11.9. The van der Waals surface area contributed by atoms with E-state index >= 15 is 0 Å². The van der Waals surface area contributed by atoms with Gasteiger partial charge in [-0.15, -0.1) is 0 Å². The van der Waals surface area contributed by atoms with Gasteiger partial charge in [0.05, 0.1) is 24.7 Å². The molecule has 134 valence electrons. The average Bonchev–Trinajstić information content (AvgIpc) is 3.17. The Hall–Kier alpha value is -2.77. The number of hydrogen-bond acceptors (Lipinski definition) is 7. The van der Waals surface area contributed by atoms with E-state index in [1.165, 1.54) is 0 Å². The molecular weight excluding hydrogens is 322 g/mol. The minimum atomic E-state index is -0.620. The lowest BCUT2D eigenvalue weighted by molar-refractivity contribution is 0.0407. The molecule has 0 bridgehead atoms. The van der Waals surface area contributed by atoms with Gasteiger partial charge in [-0.05, 0) is 12.3 Å². The van der Waals surface area contributed by atoms with Crippen molar-refractivity contribution in [3.8, 4) is 0 Å². The molecule has 0 fully saturated rings. The molecule has 3 rings (SSSR count). The predicted octanol–water partition coefficient (Wildman–Crippen LogP) is 2.33. The van der Waals surface area contributed by atoms with E-state index < -0.39 is 6.16 Å². The van der Waals surface area contributed by atoms with Gasteiger partial charge in [0.25, 0.3) is 0 Å². The third-order valence-corrected chi connectivity index (χ3v) is 4.02. The number of imidazole rings is 1. The third-order valence-electron chi connectivity index (χ3n) is 4.02. The van der Waals surface area contributed by atoms with E-state index in [4.69, 9.17) is 15.2 Å². The molecule has 0 saturated carbocycles. The maximum Gasteiger partial charge on any atom is 0.508 e. The summed E-state index contributed by atoms with van der Waals surface area (Å²) in [6.45, 7) is 8.51. The molecule has 2 atom stereocenters. The molecule has 0 radical (unpaired) electrons. The normalized spacial score (nSPS) is 21.7. The number of carbonyl (C=O) groups is 1. The summed E-state index contributed by atoms with van der Waals surface area (Å²) >= 11 is 0. The first-order valence-corrected chi connectivity index (χ1v) is 8.29. The Labute approximate surface area is 146 Å². The molecule has 8 nitrogen and oxygen atoms in total. The number of fused-ring (bicyclic) bond motifs is 1. The topological polar surface area (TPSA) is 104 Å². The first-order valence-electron chi connectivity index (χ1n) is 8.29. The number of guanidine groups is 1. The zero-order chi connectivity index (χ0) is 18.0. The van der Waals surface area contributed by atoms with Crippen LogP contribution in [0.15, 0.2) is 30.1 Å². The largest absolute Gasteiger partial charge is 0.508 e. The van der Waals surface area contributed by atoms with Gasteiger partial charge in [0.15, 0.2) is 11.8 Å². The van der Waals surface area contributed by atoms with Crippen molar-refractivity contribution in [3.05, 3.63) is 30.8 Å². The summed E-state index contributed by atoms with van der Waals surface area (Å²) in [7, 11) is 0. The fraction of sp³-hybridized carbons (Fsp3) is 0.471. The van der Waals surface area contributed by atoms with Gasteiger partial charge in [0.2, 0.25) is 0 Å². The van der Waals surface area contributed by atoms with E-state index in [0.717, 1.165) is 6.42 Å². The van der Waals surface area contributed by atoms with Crippen molar-refractivity contribution >= 4 is 23.6 Å². The van der Waals surface area contributed by atoms with E-state index in [1.807, 2.05) is 24.5 Å². The summed E-state index contributed by atoms with van der Waals surface area (Å²) < 4.78 is 12.2. The van der Waals surface area contributed by atoms with E-state index in [2.05, 4.69) is 27.9 Å². The van der Waals surface area contributed by atoms with Gasteiger partial charge >= 0.3 is 6.16 Å². The molecular formula is C17H23N5O3. The van der Waals surface area contributed by atoms with Crippen LogP contribution in [-0.2, 0) is 9.47 Å². The molecule has 0 saturated heterocycles. The van der Waals surface area contributed by atoms with Crippen LogP contribution in [0, 0.1) is 11.8 Å². The van der Waals surface area contributed by atoms with Crippen molar-refractivity contribution in [3.63, 3.8) is 0 Å². The summed E-state index contributed by atoms with van der Waals surface area (Å²) in [5, 5.41) is 2.87. The Morgan fingerprint density at radius 3 is 3.04 bits per heavy atom. The van der Waals surface area contributed by atoms with Crippen molar-refractivity contribution in [2.45, 2.75) is 26.3 Å². The Bertz CT molecular complexity index is 735. The van der Waals surface area contributed by atoms with E-state index in [1.54, 1.807) is 6.33 Å². The van der Waals surface area contributed by atoms with Gasteiger partial charge in [-0.25, -0.2) is 9.78 Å². The van der Waals surface area contributed by atoms with Crippen LogP contribution in [0.4, 0.5) is 10.6 Å². The lowest BCUT2D eigenvalue weighted by atomic mass is 10.1. The van der Waals surface area contributed by atoms with Crippen molar-refractivity contribution in [1.82, 2.24) is 14.9 Å². The van der Waals surface area contributed by atoms with Crippen molar-refractivity contribution in [2.24, 2.45) is 22.6 Å². The fourth-order valence-electron chi connectivity index (χ4n) is 2.81. The van der Waals surface area contributed by atoms with Crippen LogP contribution in [0.1, 0.15) is 32.0 Å². The zero-order valence-electron chi connectivity index (χ0n) is 14.4. The smallest absolute Gasteiger partial charge is 0.434 e. The Balaban J connectivity index is 1.57. The second kappa shape index (κ2) is 7.00. The molecule has 8 heteroatoms. The monoisotopic (exact) mass is 345 g/mol. The van der Waals surface area contributed by atoms with Gasteiger partial charge in [-0.1, -0.05) is 32.6 Å². The highest BCUT2D eigenvalue weighted by Gasteiger charge is 2.27. The number of allylic oxidation sites excluding steroid dienone is 1. The summed E-state index contributed by atoms with van der Waals surface area (Å²) in [6, 6.07) is 0.0824. The van der Waals surface area contributed by atoms with Crippen LogP contribution in [0.2, 0.25) is 0 Å². The van der Waals surface area contributed by atoms with Crippen molar-refractivity contribution in [1.29, 1.82) is 0 Å². The fourth-order valence-corrected chi connectivity index (χ4v) is 2.81. The molecule has 25 heavy (non-hydrogen) atoms. The second-order valence-corrected chi connectivity index (χ2v) is 6.64. The van der Waals surface area contributed by atoms with Gasteiger partial charge in [0, 0.05) is 5.92 Å². The highest BCUT2D eigenvalue weighted by molar-refractivity contribution is 5.93. The molecule has 0 amide bonds. The van der Waals surface area contributed by atoms with E-state index in [9.17, 15) is 4.79 Å². The van der Waals surface area contributed by atoms with Crippen LogP contribution in [0.5, 0.6) is 0 Å². The number of rotatable bonds is 5. The number of ether oxygens (including phenoxy) is 2. The molecule has 0 spiro atoms. The van der Waals surface area contributed by atoms with Gasteiger partial charge in [-0.2, -0.15) is 4.99 Å². The number of nitrogens with zero attached hydrogens (tertiary/aromatic N) is 3. The predicted molar refractivity (Wildman–Crippen MR) is 94.1 cm³/mol. The molecule has 3 N–H and O–H groups in total. The standard InChI is InChI=1S/C17H23N5O3/c1-10(2)7-24-17(23)25-8-12-4-5-13(6-12)22-9-19-14-11(3)20-16(18)21-15(14)22/h4-5,9-10,12-13H,3,6-8H2,1-2H3,(H3,18,20,21)/t12-,13+/m1/s1. The zero-order valence-corrected chi connectivity index (χ0v) is 14.4. The van der Waals surface area contributed by atoms with Crippen LogP contribution in [0.3, 0.4) is 0 Å². The highest BCUT2D eigenvalue weighted by atomic mass is 16.7. The SMILES string of the molecule is C=C1NC(N)=Nc2c1ncn2[C@H]1C=C[C@@H](COC(=O)OCC(C)C)C1. The van der Waals surface area contributed by atoms with Crippen molar-refractivity contribution in [2.75, 3.05) is 13.2 Å². The number of nitrogens with two attached hydrogens (primary N) is 1. The van der Waals surface area contributed by atoms with Gasteiger partial charge < -0.3 is 25.1 Å². The molecule has 2 heterocycles. The lowest BCUT2D eigenvalue weighted by Crippen LogP contribution is -2.32. The summed E-state index contributed by atoms with van der Waals surface area (Å²) in [5.41, 5.74) is 7.10. The summed E-state index contributed by atoms with van der Waals surface area (Å²) in [5.74, 6) is 1.40. The Kier molecular flexibility index (Phi) is 4.78. The number of nitrogens with one attached hydrogen (secondary N) is 1. The van der Waals surface area contributed by atoms with Gasteiger partial charge in [-0.3, -0.25) is 0 Å². The lowest BCUT2D eigenvalue weighted by Gasteiger charge is -2.18. The van der Waals surface area contributed by atoms with Gasteiger partial charge in [0.1, 0.15) is 12.3 Å². The Morgan fingerprint density at radius 2 is 2.28 bits per heavy atom. The average molecular weight is 345 g/mol. The summed E-state index contributed by atoms with van der Waals surface area (Å²) in [4.78, 5) is 20.2. The van der Waals surface area contributed by atoms with Crippen LogP contribution in [-0.4, -0.2) is 34.9 Å². The van der Waals surface area contributed by atoms with Crippen LogP contribution >= 0.6 is 0 Å². The van der Waals surface area contributed by atoms with E-state index in [0.29, 0.717) is 36.4 Å². The second-order valence-electron chi connectivity index (χ2n) is 6.64. The molecule has 1 aromatic rings. The summed E-state index contributed by atoms with van der Waals surface area (Å²) in [6.07, 6.45) is 6.00. The van der Waals surface area contributed by atoms with Crippen LogP contribution < -0.4 is 11.1 Å². The molecule has 0 unspecified atom stereocenters. The molecule has 2 aliphatic rings. The molecule has 1 aliphatic carbocycles. The minimum Gasteiger partial charge on any atom is -0.434 e. The number of hydrogen-bond donors (Lipinski definition) is 2. The maximum atomic E-state index is 11.5. The molecule has 1 aliphatic heterocycles. The van der Waals surface area contributed by atoms with Crippen molar-refractivity contribution < 1.29 is 14.3 Å². The number of carbonyl (C=O) groups excluding carboxylic acids is 1. The number of aromatic nitrogens is 2.